The quantitative estimate of drug-likeness (QED) is 0.671. The summed E-state index contributed by atoms with van der Waals surface area (Å²) in [6, 6.07) is 7.45. The topological polar surface area (TPSA) is 18.5 Å². The molecule has 0 radical (unpaired) electrons. The average molecular weight is 250 g/mol. The zero-order chi connectivity index (χ0) is 14.2. The van der Waals surface area contributed by atoms with E-state index in [0.717, 1.165) is 11.5 Å². The molecule has 102 valence electrons. The van der Waals surface area contributed by atoms with Gasteiger partial charge in [0, 0.05) is 0 Å². The number of hydrogen-bond acceptors (Lipinski definition) is 2. The van der Waals surface area contributed by atoms with Gasteiger partial charge in [-0.25, -0.2) is 0 Å². The fraction of sp³-hybridized carbons (Fsp3) is 0.375. The Hall–Kier alpha value is -1.70. The standard InChI is InChI=1S/C12H14O2.2C2H6/c1-3-9-13-11-5-7-12(8-6-11)14-10-4-2;2*1-2/h3-8H,1-2,9-10H2;2*1-2H3. The van der Waals surface area contributed by atoms with E-state index in [-0.39, 0.29) is 0 Å². The van der Waals surface area contributed by atoms with Crippen LogP contribution in [0, 0.1) is 0 Å². The van der Waals surface area contributed by atoms with Crippen LogP contribution >= 0.6 is 0 Å². The summed E-state index contributed by atoms with van der Waals surface area (Å²) in [4.78, 5) is 0. The van der Waals surface area contributed by atoms with Crippen LogP contribution in [0.3, 0.4) is 0 Å². The highest BCUT2D eigenvalue weighted by molar-refractivity contribution is 5.31. The lowest BCUT2D eigenvalue weighted by Crippen LogP contribution is -1.94. The van der Waals surface area contributed by atoms with Crippen molar-refractivity contribution < 1.29 is 9.47 Å². The Morgan fingerprint density at radius 1 is 0.778 bits per heavy atom. The van der Waals surface area contributed by atoms with Gasteiger partial charge in [-0.1, -0.05) is 53.0 Å². The largest absolute Gasteiger partial charge is 0.490 e. The van der Waals surface area contributed by atoms with Gasteiger partial charge in [0.05, 0.1) is 0 Å². The van der Waals surface area contributed by atoms with Gasteiger partial charge in [0.2, 0.25) is 0 Å². The van der Waals surface area contributed by atoms with E-state index in [1.54, 1.807) is 12.2 Å². The van der Waals surface area contributed by atoms with Crippen molar-refractivity contribution in [2.75, 3.05) is 13.2 Å². The molecule has 1 aromatic carbocycles. The van der Waals surface area contributed by atoms with Crippen molar-refractivity contribution in [2.45, 2.75) is 27.7 Å². The molecule has 0 atom stereocenters. The highest BCUT2D eigenvalue weighted by Crippen LogP contribution is 2.17. The second-order valence-electron chi connectivity index (χ2n) is 2.67. The highest BCUT2D eigenvalue weighted by atomic mass is 16.5. The van der Waals surface area contributed by atoms with Gasteiger partial charge in [0.1, 0.15) is 24.7 Å². The maximum absolute atomic E-state index is 5.32. The van der Waals surface area contributed by atoms with Crippen molar-refractivity contribution in [2.24, 2.45) is 0 Å². The fourth-order valence-electron chi connectivity index (χ4n) is 0.942. The summed E-state index contributed by atoms with van der Waals surface area (Å²) in [6.07, 6.45) is 3.42. The molecule has 0 aliphatic carbocycles. The van der Waals surface area contributed by atoms with Crippen LogP contribution in [0.4, 0.5) is 0 Å². The Balaban J connectivity index is 0. The van der Waals surface area contributed by atoms with Gasteiger partial charge >= 0.3 is 0 Å². The van der Waals surface area contributed by atoms with Crippen LogP contribution in [0.1, 0.15) is 27.7 Å². The first-order valence-electron chi connectivity index (χ1n) is 6.44. The summed E-state index contributed by atoms with van der Waals surface area (Å²) < 4.78 is 10.6. The van der Waals surface area contributed by atoms with E-state index < -0.39 is 0 Å². The summed E-state index contributed by atoms with van der Waals surface area (Å²) in [5.41, 5.74) is 0. The summed E-state index contributed by atoms with van der Waals surface area (Å²) in [5.74, 6) is 1.63. The predicted molar refractivity (Wildman–Crippen MR) is 80.5 cm³/mol. The van der Waals surface area contributed by atoms with Crippen molar-refractivity contribution in [3.05, 3.63) is 49.6 Å². The number of hydrogen-bond donors (Lipinski definition) is 0. The maximum atomic E-state index is 5.32. The molecule has 1 aromatic rings. The van der Waals surface area contributed by atoms with Crippen LogP contribution in [0.15, 0.2) is 49.6 Å². The molecular weight excluding hydrogens is 224 g/mol. The van der Waals surface area contributed by atoms with Crippen LogP contribution in [0.2, 0.25) is 0 Å². The van der Waals surface area contributed by atoms with Gasteiger partial charge in [-0.15, -0.1) is 0 Å². The highest BCUT2D eigenvalue weighted by Gasteiger charge is 1.93. The molecule has 0 amide bonds. The SMILES string of the molecule is C=CCOc1ccc(OCC=C)cc1.CC.CC. The van der Waals surface area contributed by atoms with Crippen LogP contribution in [0.25, 0.3) is 0 Å². The second-order valence-corrected chi connectivity index (χ2v) is 2.67. The minimum absolute atomic E-state index is 0.521. The Kier molecular flexibility index (Phi) is 15.9. The van der Waals surface area contributed by atoms with E-state index in [1.807, 2.05) is 52.0 Å². The first-order valence-corrected chi connectivity index (χ1v) is 6.44. The minimum atomic E-state index is 0.521. The second kappa shape index (κ2) is 15.3. The summed E-state index contributed by atoms with van der Waals surface area (Å²) >= 11 is 0. The Morgan fingerprint density at radius 3 is 1.28 bits per heavy atom. The Bertz CT molecular complexity index is 257. The van der Waals surface area contributed by atoms with Crippen LogP contribution < -0.4 is 9.47 Å². The fourth-order valence-corrected chi connectivity index (χ4v) is 0.942. The van der Waals surface area contributed by atoms with Gasteiger partial charge in [-0.2, -0.15) is 0 Å². The van der Waals surface area contributed by atoms with Crippen molar-refractivity contribution in [1.82, 2.24) is 0 Å². The zero-order valence-electron chi connectivity index (χ0n) is 12.1. The van der Waals surface area contributed by atoms with E-state index >= 15 is 0 Å². The van der Waals surface area contributed by atoms with Crippen molar-refractivity contribution in [3.8, 4) is 11.5 Å². The lowest BCUT2D eigenvalue weighted by Gasteiger charge is -2.05. The molecule has 0 bridgehead atoms. The summed E-state index contributed by atoms with van der Waals surface area (Å²) in [5, 5.41) is 0. The molecule has 0 aromatic heterocycles. The summed E-state index contributed by atoms with van der Waals surface area (Å²) in [7, 11) is 0. The molecule has 0 unspecified atom stereocenters. The maximum Gasteiger partial charge on any atom is 0.120 e. The van der Waals surface area contributed by atoms with Crippen LogP contribution in [-0.2, 0) is 0 Å². The molecule has 18 heavy (non-hydrogen) atoms. The van der Waals surface area contributed by atoms with Crippen molar-refractivity contribution in [3.63, 3.8) is 0 Å². The molecule has 0 aliphatic heterocycles. The average Bonchev–Trinajstić information content (AvgIpc) is 2.48. The minimum Gasteiger partial charge on any atom is -0.490 e. The third kappa shape index (κ3) is 9.52. The number of rotatable bonds is 6. The molecule has 2 nitrogen and oxygen atoms in total. The first-order chi connectivity index (χ1) is 8.86. The molecule has 0 fully saturated rings. The smallest absolute Gasteiger partial charge is 0.120 e. The third-order valence-corrected chi connectivity index (χ3v) is 1.56. The normalized spacial score (nSPS) is 7.78. The van der Waals surface area contributed by atoms with E-state index in [2.05, 4.69) is 13.2 Å². The molecule has 1 rings (SSSR count). The monoisotopic (exact) mass is 250 g/mol. The van der Waals surface area contributed by atoms with Crippen LogP contribution in [0.5, 0.6) is 11.5 Å². The molecule has 0 heterocycles. The number of ether oxygens (including phenoxy) is 2. The van der Waals surface area contributed by atoms with E-state index in [0.29, 0.717) is 13.2 Å². The summed E-state index contributed by atoms with van der Waals surface area (Å²) in [6.45, 7) is 16.2. The van der Waals surface area contributed by atoms with Gasteiger partial charge in [-0.05, 0) is 24.3 Å². The van der Waals surface area contributed by atoms with Crippen molar-refractivity contribution in [1.29, 1.82) is 0 Å². The first kappa shape index (κ1) is 18.7. The Labute approximate surface area is 112 Å². The molecule has 0 saturated heterocycles. The van der Waals surface area contributed by atoms with E-state index in [1.165, 1.54) is 0 Å². The van der Waals surface area contributed by atoms with Gasteiger partial charge in [0.15, 0.2) is 0 Å². The number of benzene rings is 1. The van der Waals surface area contributed by atoms with E-state index in [9.17, 15) is 0 Å². The zero-order valence-corrected chi connectivity index (χ0v) is 12.1. The molecule has 0 spiro atoms. The molecule has 0 N–H and O–H groups in total. The molecule has 0 aliphatic rings. The molecular formula is C16H26O2. The Morgan fingerprint density at radius 2 is 1.06 bits per heavy atom. The van der Waals surface area contributed by atoms with Gasteiger partial charge < -0.3 is 9.47 Å². The van der Waals surface area contributed by atoms with Crippen LogP contribution in [-0.4, -0.2) is 13.2 Å². The third-order valence-electron chi connectivity index (χ3n) is 1.56. The molecule has 0 saturated carbocycles. The lowest BCUT2D eigenvalue weighted by atomic mass is 10.3. The van der Waals surface area contributed by atoms with Gasteiger partial charge in [0.25, 0.3) is 0 Å². The van der Waals surface area contributed by atoms with Gasteiger partial charge in [-0.3, -0.25) is 0 Å². The van der Waals surface area contributed by atoms with E-state index in [4.69, 9.17) is 9.47 Å². The van der Waals surface area contributed by atoms with Crippen molar-refractivity contribution >= 4 is 0 Å². The molecule has 2 heteroatoms. The lowest BCUT2D eigenvalue weighted by molar-refractivity contribution is 0.353. The predicted octanol–water partition coefficient (Wildman–Crippen LogP) is 4.87.